The predicted octanol–water partition coefficient (Wildman–Crippen LogP) is 4.69. The normalized spacial score (nSPS) is 15.2. The Labute approximate surface area is 173 Å². The number of nitrogens with one attached hydrogen (secondary N) is 1. The third kappa shape index (κ3) is 3.71. The van der Waals surface area contributed by atoms with E-state index in [1.807, 2.05) is 24.3 Å². The highest BCUT2D eigenvalue weighted by Crippen LogP contribution is 2.31. The molecule has 2 aromatic heterocycles. The number of benzene rings is 2. The Hall–Kier alpha value is -2.90. The number of likely N-dealkylation sites (tertiary alicyclic amines) is 1. The van der Waals surface area contributed by atoms with Gasteiger partial charge in [-0.3, -0.25) is 9.30 Å². The van der Waals surface area contributed by atoms with Crippen LogP contribution in [0, 0.1) is 0 Å². The standard InChI is InChI=1S/C22H23N5OS/c23-21(28)24-17-7-5-16(6-8-17)18-14-27-19-9-4-15(12-20(19)29-22(27)25-18)13-26-10-2-1-3-11-26/h4-9,12,14H,1-3,10-11,13H2,(H3,23,24,28). The molecule has 7 heteroatoms. The van der Waals surface area contributed by atoms with Crippen LogP contribution >= 0.6 is 11.3 Å². The number of imidazole rings is 1. The molecule has 4 aromatic rings. The maximum atomic E-state index is 11.0. The fraction of sp³-hybridized carbons (Fsp3) is 0.273. The van der Waals surface area contributed by atoms with Crippen molar-refractivity contribution in [3.8, 4) is 11.3 Å². The molecule has 0 saturated carbocycles. The maximum Gasteiger partial charge on any atom is 0.316 e. The monoisotopic (exact) mass is 405 g/mol. The van der Waals surface area contributed by atoms with E-state index in [9.17, 15) is 4.79 Å². The van der Waals surface area contributed by atoms with E-state index in [0.29, 0.717) is 5.69 Å². The Balaban J connectivity index is 1.41. The summed E-state index contributed by atoms with van der Waals surface area (Å²) in [5.41, 5.74) is 10.3. The number of carbonyl (C=O) groups excluding carboxylic acids is 1. The summed E-state index contributed by atoms with van der Waals surface area (Å²) in [5.74, 6) is 0. The van der Waals surface area contributed by atoms with Crippen molar-refractivity contribution in [3.63, 3.8) is 0 Å². The minimum Gasteiger partial charge on any atom is -0.351 e. The highest BCUT2D eigenvalue weighted by molar-refractivity contribution is 7.23. The Morgan fingerprint density at radius 2 is 1.90 bits per heavy atom. The number of anilines is 1. The van der Waals surface area contributed by atoms with Gasteiger partial charge in [0.2, 0.25) is 0 Å². The summed E-state index contributed by atoms with van der Waals surface area (Å²) >= 11 is 1.72. The Bertz CT molecular complexity index is 1170. The zero-order valence-electron chi connectivity index (χ0n) is 16.1. The maximum absolute atomic E-state index is 11.0. The molecule has 0 aliphatic carbocycles. The van der Waals surface area contributed by atoms with E-state index in [1.54, 1.807) is 11.3 Å². The molecule has 0 unspecified atom stereocenters. The number of carbonyl (C=O) groups is 1. The van der Waals surface area contributed by atoms with Gasteiger partial charge in [0.1, 0.15) is 0 Å². The lowest BCUT2D eigenvalue weighted by atomic mass is 10.1. The summed E-state index contributed by atoms with van der Waals surface area (Å²) in [5, 5.41) is 2.58. The molecule has 2 aromatic carbocycles. The van der Waals surface area contributed by atoms with Gasteiger partial charge in [-0.15, -0.1) is 0 Å². The average Bonchev–Trinajstić information content (AvgIpc) is 3.26. The fourth-order valence-electron chi connectivity index (χ4n) is 4.03. The van der Waals surface area contributed by atoms with Crippen LogP contribution in [0.1, 0.15) is 24.8 Å². The SMILES string of the molecule is NC(=O)Nc1ccc(-c2cn3c(n2)sc2cc(CN4CCCCC4)ccc23)cc1. The van der Waals surface area contributed by atoms with Crippen molar-refractivity contribution in [2.24, 2.45) is 5.73 Å². The van der Waals surface area contributed by atoms with Crippen molar-refractivity contribution in [3.05, 3.63) is 54.2 Å². The molecular formula is C22H23N5OS. The summed E-state index contributed by atoms with van der Waals surface area (Å²) in [6.45, 7) is 3.46. The van der Waals surface area contributed by atoms with Crippen LogP contribution in [0.4, 0.5) is 10.5 Å². The largest absolute Gasteiger partial charge is 0.351 e. The van der Waals surface area contributed by atoms with Crippen LogP contribution in [0.25, 0.3) is 26.4 Å². The number of amides is 2. The molecule has 0 atom stereocenters. The number of hydrogen-bond donors (Lipinski definition) is 2. The molecule has 29 heavy (non-hydrogen) atoms. The molecule has 1 aliphatic rings. The van der Waals surface area contributed by atoms with E-state index >= 15 is 0 Å². The number of aromatic nitrogens is 2. The van der Waals surface area contributed by atoms with E-state index in [4.69, 9.17) is 10.7 Å². The zero-order valence-corrected chi connectivity index (χ0v) is 16.9. The quantitative estimate of drug-likeness (QED) is 0.517. The molecule has 6 nitrogen and oxygen atoms in total. The molecule has 3 heterocycles. The molecular weight excluding hydrogens is 382 g/mol. The van der Waals surface area contributed by atoms with E-state index in [0.717, 1.165) is 22.8 Å². The van der Waals surface area contributed by atoms with Crippen molar-refractivity contribution in [1.82, 2.24) is 14.3 Å². The molecule has 1 aliphatic heterocycles. The van der Waals surface area contributed by atoms with Crippen molar-refractivity contribution >= 4 is 38.2 Å². The third-order valence-corrected chi connectivity index (χ3v) is 6.48. The summed E-state index contributed by atoms with van der Waals surface area (Å²) in [6, 6.07) is 13.8. The molecule has 0 radical (unpaired) electrons. The van der Waals surface area contributed by atoms with Gasteiger partial charge < -0.3 is 11.1 Å². The summed E-state index contributed by atoms with van der Waals surface area (Å²) < 4.78 is 3.44. The summed E-state index contributed by atoms with van der Waals surface area (Å²) in [6.07, 6.45) is 6.08. The summed E-state index contributed by atoms with van der Waals surface area (Å²) in [4.78, 5) is 19.3. The smallest absolute Gasteiger partial charge is 0.316 e. The van der Waals surface area contributed by atoms with Crippen LogP contribution in [-0.4, -0.2) is 33.4 Å². The Kier molecular flexibility index (Phi) is 4.69. The topological polar surface area (TPSA) is 75.7 Å². The number of rotatable bonds is 4. The lowest BCUT2D eigenvalue weighted by Crippen LogP contribution is -2.28. The van der Waals surface area contributed by atoms with Crippen LogP contribution in [0.3, 0.4) is 0 Å². The van der Waals surface area contributed by atoms with Crippen LogP contribution in [-0.2, 0) is 6.54 Å². The van der Waals surface area contributed by atoms with Gasteiger partial charge in [0.25, 0.3) is 0 Å². The van der Waals surface area contributed by atoms with E-state index in [2.05, 4.69) is 39.0 Å². The Morgan fingerprint density at radius 1 is 1.10 bits per heavy atom. The minimum atomic E-state index is -0.564. The van der Waals surface area contributed by atoms with Gasteiger partial charge in [-0.05, 0) is 55.8 Å². The molecule has 3 N–H and O–H groups in total. The average molecular weight is 406 g/mol. The van der Waals surface area contributed by atoms with Gasteiger partial charge in [-0.2, -0.15) is 0 Å². The first-order chi connectivity index (χ1) is 14.2. The molecule has 1 fully saturated rings. The van der Waals surface area contributed by atoms with Gasteiger partial charge in [-0.25, -0.2) is 9.78 Å². The van der Waals surface area contributed by atoms with E-state index < -0.39 is 6.03 Å². The van der Waals surface area contributed by atoms with Gasteiger partial charge in [-0.1, -0.05) is 36.0 Å². The highest BCUT2D eigenvalue weighted by atomic mass is 32.1. The van der Waals surface area contributed by atoms with Gasteiger partial charge in [0.05, 0.1) is 15.9 Å². The second-order valence-corrected chi connectivity index (χ2v) is 8.60. The minimum absolute atomic E-state index is 0.564. The van der Waals surface area contributed by atoms with Gasteiger partial charge in [0.15, 0.2) is 4.96 Å². The zero-order chi connectivity index (χ0) is 19.8. The predicted molar refractivity (Wildman–Crippen MR) is 118 cm³/mol. The molecule has 0 bridgehead atoms. The van der Waals surface area contributed by atoms with Crippen LogP contribution in [0.15, 0.2) is 48.7 Å². The number of urea groups is 1. The van der Waals surface area contributed by atoms with Crippen LogP contribution in [0.2, 0.25) is 0 Å². The number of piperidine rings is 1. The van der Waals surface area contributed by atoms with Gasteiger partial charge >= 0.3 is 6.03 Å². The van der Waals surface area contributed by atoms with Crippen LogP contribution in [0.5, 0.6) is 0 Å². The lowest BCUT2D eigenvalue weighted by Gasteiger charge is -2.26. The van der Waals surface area contributed by atoms with Crippen molar-refractivity contribution in [1.29, 1.82) is 0 Å². The molecule has 0 spiro atoms. The molecule has 1 saturated heterocycles. The lowest BCUT2D eigenvalue weighted by molar-refractivity contribution is 0.221. The number of nitrogens with two attached hydrogens (primary N) is 1. The van der Waals surface area contributed by atoms with Crippen molar-refractivity contribution in [2.75, 3.05) is 18.4 Å². The third-order valence-electron chi connectivity index (χ3n) is 5.46. The summed E-state index contributed by atoms with van der Waals surface area (Å²) in [7, 11) is 0. The second kappa shape index (κ2) is 7.50. The molecule has 5 rings (SSSR count). The second-order valence-electron chi connectivity index (χ2n) is 7.59. The first-order valence-electron chi connectivity index (χ1n) is 9.95. The van der Waals surface area contributed by atoms with E-state index in [1.165, 1.54) is 48.1 Å². The van der Waals surface area contributed by atoms with Crippen molar-refractivity contribution in [2.45, 2.75) is 25.8 Å². The number of thiazole rings is 1. The number of nitrogens with zero attached hydrogens (tertiary/aromatic N) is 3. The first kappa shape index (κ1) is 18.1. The molecule has 148 valence electrons. The van der Waals surface area contributed by atoms with E-state index in [-0.39, 0.29) is 0 Å². The Morgan fingerprint density at radius 3 is 2.66 bits per heavy atom. The van der Waals surface area contributed by atoms with Crippen molar-refractivity contribution < 1.29 is 4.79 Å². The van der Waals surface area contributed by atoms with Crippen LogP contribution < -0.4 is 11.1 Å². The molecule has 2 amide bonds. The first-order valence-corrected chi connectivity index (χ1v) is 10.8. The fourth-order valence-corrected chi connectivity index (χ4v) is 5.10. The van der Waals surface area contributed by atoms with Gasteiger partial charge in [0, 0.05) is 24.0 Å². The number of hydrogen-bond acceptors (Lipinski definition) is 4. The number of primary amides is 1. The number of fused-ring (bicyclic) bond motifs is 3. The highest BCUT2D eigenvalue weighted by Gasteiger charge is 2.13.